The minimum absolute atomic E-state index is 0.0739. The van der Waals surface area contributed by atoms with Gasteiger partial charge in [0, 0.05) is 52.8 Å². The van der Waals surface area contributed by atoms with Crippen LogP contribution in [0, 0.1) is 11.6 Å². The van der Waals surface area contributed by atoms with E-state index in [4.69, 9.17) is 0 Å². The van der Waals surface area contributed by atoms with Gasteiger partial charge in [-0.25, -0.2) is 23.7 Å². The number of pyridine rings is 1. The molecule has 0 bridgehead atoms. The normalized spacial score (nSPS) is 15.4. The van der Waals surface area contributed by atoms with E-state index in [1.807, 2.05) is 6.20 Å². The maximum atomic E-state index is 13.4. The summed E-state index contributed by atoms with van der Waals surface area (Å²) >= 11 is 1.76. The highest BCUT2D eigenvalue weighted by Crippen LogP contribution is 2.41. The highest BCUT2D eigenvalue weighted by atomic mass is 32.2. The number of anilines is 1. The SMILES string of the molecule is O=C(NCc1ccc(F)c(F)c1)c1cccnc1NCC1CC=C(c2c[nH]c3ncncc23)S1. The first kappa shape index (κ1) is 22.0. The molecule has 0 spiro atoms. The fourth-order valence-corrected chi connectivity index (χ4v) is 4.95. The molecule has 0 saturated heterocycles. The number of benzene rings is 1. The van der Waals surface area contributed by atoms with Crippen molar-refractivity contribution < 1.29 is 13.6 Å². The Bertz CT molecular complexity index is 1390. The van der Waals surface area contributed by atoms with Crippen LogP contribution in [-0.2, 0) is 6.54 Å². The average molecular weight is 479 g/mol. The van der Waals surface area contributed by atoms with Gasteiger partial charge in [0.2, 0.25) is 0 Å². The number of carbonyl (C=O) groups excluding carboxylic acids is 1. The van der Waals surface area contributed by atoms with Gasteiger partial charge < -0.3 is 15.6 Å². The molecule has 1 amide bonds. The first-order chi connectivity index (χ1) is 16.6. The van der Waals surface area contributed by atoms with Gasteiger partial charge in [-0.2, -0.15) is 0 Å². The van der Waals surface area contributed by atoms with Gasteiger partial charge in [-0.15, -0.1) is 11.8 Å². The summed E-state index contributed by atoms with van der Waals surface area (Å²) in [4.78, 5) is 29.7. The third kappa shape index (κ3) is 4.62. The third-order valence-electron chi connectivity index (χ3n) is 5.47. The first-order valence-corrected chi connectivity index (χ1v) is 11.5. The molecule has 1 aliphatic heterocycles. The number of hydrogen-bond donors (Lipinski definition) is 3. The van der Waals surface area contributed by atoms with Gasteiger partial charge in [-0.3, -0.25) is 4.79 Å². The lowest BCUT2D eigenvalue weighted by molar-refractivity contribution is 0.0951. The van der Waals surface area contributed by atoms with Gasteiger partial charge >= 0.3 is 0 Å². The van der Waals surface area contributed by atoms with Crippen LogP contribution in [0.1, 0.15) is 27.9 Å². The lowest BCUT2D eigenvalue weighted by atomic mass is 10.2. The second-order valence-electron chi connectivity index (χ2n) is 7.74. The predicted octanol–water partition coefficient (Wildman–Crippen LogP) is 4.52. The van der Waals surface area contributed by atoms with Crippen LogP contribution in [0.4, 0.5) is 14.6 Å². The standard InChI is InChI=1S/C24H20F2N6OS/c25-19-5-3-14(8-20(19)26)9-31-24(33)16-2-1-7-28-22(16)29-10-15-4-6-21(34-15)17-12-30-23-18(17)11-27-13-32-23/h1-3,5-8,11-13,15H,4,9-10H2,(H,28,29)(H,31,33)(H,27,30,32). The van der Waals surface area contributed by atoms with Gasteiger partial charge in [-0.1, -0.05) is 12.1 Å². The smallest absolute Gasteiger partial charge is 0.255 e. The Balaban J connectivity index is 1.20. The predicted molar refractivity (Wildman–Crippen MR) is 128 cm³/mol. The summed E-state index contributed by atoms with van der Waals surface area (Å²) in [6, 6.07) is 6.90. The number of rotatable bonds is 7. The van der Waals surface area contributed by atoms with Gasteiger partial charge in [-0.05, 0) is 36.2 Å². The summed E-state index contributed by atoms with van der Waals surface area (Å²) in [6.07, 6.45) is 9.96. The second-order valence-corrected chi connectivity index (χ2v) is 9.09. The molecule has 172 valence electrons. The van der Waals surface area contributed by atoms with Gasteiger partial charge in [0.05, 0.1) is 5.56 Å². The summed E-state index contributed by atoms with van der Waals surface area (Å²) in [6.45, 7) is 0.689. The number of halogens is 2. The van der Waals surface area contributed by atoms with Crippen LogP contribution in [0.3, 0.4) is 0 Å². The van der Waals surface area contributed by atoms with Crippen LogP contribution in [0.15, 0.2) is 61.3 Å². The molecule has 3 aromatic heterocycles. The zero-order valence-corrected chi connectivity index (χ0v) is 18.7. The minimum atomic E-state index is -0.947. The number of hydrogen-bond acceptors (Lipinski definition) is 6. The third-order valence-corrected chi connectivity index (χ3v) is 6.80. The number of aromatic amines is 1. The first-order valence-electron chi connectivity index (χ1n) is 10.6. The van der Waals surface area contributed by atoms with Crippen LogP contribution < -0.4 is 10.6 Å². The molecule has 7 nitrogen and oxygen atoms in total. The summed E-state index contributed by atoms with van der Waals surface area (Å²) in [5.74, 6) is -1.75. The molecule has 34 heavy (non-hydrogen) atoms. The molecule has 1 aromatic carbocycles. The van der Waals surface area contributed by atoms with Crippen molar-refractivity contribution in [2.24, 2.45) is 0 Å². The number of fused-ring (bicyclic) bond motifs is 1. The molecule has 5 rings (SSSR count). The van der Waals surface area contributed by atoms with Crippen molar-refractivity contribution in [1.82, 2.24) is 25.3 Å². The van der Waals surface area contributed by atoms with E-state index in [9.17, 15) is 13.6 Å². The number of amides is 1. The van der Waals surface area contributed by atoms with E-state index in [0.29, 0.717) is 23.5 Å². The van der Waals surface area contributed by atoms with Gasteiger partial charge in [0.25, 0.3) is 5.91 Å². The fourth-order valence-electron chi connectivity index (χ4n) is 3.74. The van der Waals surface area contributed by atoms with E-state index >= 15 is 0 Å². The lowest BCUT2D eigenvalue weighted by Gasteiger charge is -2.14. The summed E-state index contributed by atoms with van der Waals surface area (Å²) in [5, 5.41) is 7.27. The number of nitrogens with zero attached hydrogens (tertiary/aromatic N) is 3. The lowest BCUT2D eigenvalue weighted by Crippen LogP contribution is -2.25. The largest absolute Gasteiger partial charge is 0.368 e. The Labute approximate surface area is 198 Å². The monoisotopic (exact) mass is 478 g/mol. The number of carbonyl (C=O) groups is 1. The Morgan fingerprint density at radius 2 is 2.12 bits per heavy atom. The summed E-state index contributed by atoms with van der Waals surface area (Å²) in [7, 11) is 0. The summed E-state index contributed by atoms with van der Waals surface area (Å²) < 4.78 is 26.5. The maximum Gasteiger partial charge on any atom is 0.255 e. The van der Waals surface area contributed by atoms with Crippen LogP contribution in [0.5, 0.6) is 0 Å². The molecule has 1 aliphatic rings. The maximum absolute atomic E-state index is 13.4. The zero-order chi connectivity index (χ0) is 23.5. The van der Waals surface area contributed by atoms with Crippen molar-refractivity contribution in [1.29, 1.82) is 0 Å². The minimum Gasteiger partial charge on any atom is -0.368 e. The molecule has 0 fully saturated rings. The molecule has 4 aromatic rings. The Morgan fingerprint density at radius 1 is 1.21 bits per heavy atom. The fraction of sp³-hybridized carbons (Fsp3) is 0.167. The van der Waals surface area contributed by atoms with Crippen LogP contribution in [0.25, 0.3) is 15.9 Å². The summed E-state index contributed by atoms with van der Waals surface area (Å²) in [5.41, 5.74) is 2.74. The van der Waals surface area contributed by atoms with Crippen molar-refractivity contribution >= 4 is 39.4 Å². The Kier molecular flexibility index (Phi) is 6.22. The Morgan fingerprint density at radius 3 is 3.00 bits per heavy atom. The second kappa shape index (κ2) is 9.60. The highest BCUT2D eigenvalue weighted by Gasteiger charge is 2.22. The molecule has 10 heteroatoms. The van der Waals surface area contributed by atoms with Crippen LogP contribution in [-0.4, -0.2) is 37.6 Å². The van der Waals surface area contributed by atoms with E-state index in [-0.39, 0.29) is 17.7 Å². The number of allylic oxidation sites excluding steroid dienone is 1. The molecule has 4 heterocycles. The average Bonchev–Trinajstić information content (AvgIpc) is 3.50. The van der Waals surface area contributed by atoms with Crippen LogP contribution in [0.2, 0.25) is 0 Å². The van der Waals surface area contributed by atoms with Crippen molar-refractivity contribution in [3.8, 4) is 0 Å². The molecular formula is C24H20F2N6OS. The van der Waals surface area contributed by atoms with E-state index in [1.54, 1.807) is 36.3 Å². The van der Waals surface area contributed by atoms with Crippen molar-refractivity contribution in [2.75, 3.05) is 11.9 Å². The van der Waals surface area contributed by atoms with E-state index in [2.05, 4.69) is 36.6 Å². The molecule has 1 unspecified atom stereocenters. The molecule has 0 radical (unpaired) electrons. The Hall–Kier alpha value is -3.79. The number of aromatic nitrogens is 4. The quantitative estimate of drug-likeness (QED) is 0.362. The van der Waals surface area contributed by atoms with Crippen molar-refractivity contribution in [2.45, 2.75) is 18.2 Å². The van der Waals surface area contributed by atoms with E-state index < -0.39 is 11.6 Å². The van der Waals surface area contributed by atoms with E-state index in [1.165, 1.54) is 17.3 Å². The molecule has 1 atom stereocenters. The van der Waals surface area contributed by atoms with E-state index in [0.717, 1.165) is 35.2 Å². The van der Waals surface area contributed by atoms with Crippen molar-refractivity contribution in [3.05, 3.63) is 89.7 Å². The van der Waals surface area contributed by atoms with Crippen molar-refractivity contribution in [3.63, 3.8) is 0 Å². The number of thioether (sulfide) groups is 1. The molecule has 0 aliphatic carbocycles. The topological polar surface area (TPSA) is 95.6 Å². The number of nitrogens with one attached hydrogen (secondary N) is 3. The molecular weight excluding hydrogens is 458 g/mol. The highest BCUT2D eigenvalue weighted by molar-refractivity contribution is 8.09. The molecule has 3 N–H and O–H groups in total. The van der Waals surface area contributed by atoms with Gasteiger partial charge in [0.1, 0.15) is 17.8 Å². The van der Waals surface area contributed by atoms with Gasteiger partial charge in [0.15, 0.2) is 11.6 Å². The van der Waals surface area contributed by atoms with Crippen LogP contribution >= 0.6 is 11.8 Å². The zero-order valence-electron chi connectivity index (χ0n) is 17.9. The molecule has 0 saturated carbocycles. The number of H-pyrrole nitrogens is 1.